The van der Waals surface area contributed by atoms with Crippen molar-refractivity contribution in [2.24, 2.45) is 232 Å². The van der Waals surface area contributed by atoms with Gasteiger partial charge in [-0.15, -0.1) is 0 Å². The molecular weight excluding hydrogens is 1760 g/mol. The van der Waals surface area contributed by atoms with Crippen LogP contribution < -0.4 is 0 Å². The second-order valence-electron chi connectivity index (χ2n) is 56.7. The number of carbonyl (C=O) groups is 5. The summed E-state index contributed by atoms with van der Waals surface area (Å²) < 4.78 is 0. The molecule has 50 atom stereocenters. The highest BCUT2D eigenvalue weighted by atomic mass is 16.4. The summed E-state index contributed by atoms with van der Waals surface area (Å²) in [5.41, 5.74) is 2.00. The van der Waals surface area contributed by atoms with E-state index in [0.29, 0.717) is 166 Å². The van der Waals surface area contributed by atoms with Crippen LogP contribution in [0.4, 0.5) is 0 Å². The van der Waals surface area contributed by atoms with Crippen molar-refractivity contribution in [3.8, 4) is 0 Å². The lowest BCUT2D eigenvalue weighted by Gasteiger charge is -2.63. The van der Waals surface area contributed by atoms with Crippen LogP contribution in [0.1, 0.15) is 425 Å². The quantitative estimate of drug-likeness (QED) is 0.0538. The predicted octanol–water partition coefficient (Wildman–Crippen LogP) is 22.4. The first kappa shape index (κ1) is 110. The Labute approximate surface area is 843 Å². The molecule has 140 heavy (non-hydrogen) atoms. The van der Waals surface area contributed by atoms with E-state index in [9.17, 15) is 75.0 Å². The molecule has 0 aromatic carbocycles. The zero-order valence-corrected chi connectivity index (χ0v) is 89.7. The van der Waals surface area contributed by atoms with Crippen LogP contribution in [-0.2, 0) is 24.0 Å². The third-order valence-electron chi connectivity index (χ3n) is 51.3. The van der Waals surface area contributed by atoms with E-state index in [1.807, 2.05) is 0 Å². The van der Waals surface area contributed by atoms with E-state index in [0.717, 1.165) is 191 Å². The van der Waals surface area contributed by atoms with Crippen molar-refractivity contribution >= 4 is 29.8 Å². The van der Waals surface area contributed by atoms with Crippen molar-refractivity contribution in [3.63, 3.8) is 0 Å². The molecule has 0 spiro atoms. The van der Waals surface area contributed by atoms with Gasteiger partial charge < -0.3 is 76.6 Å². The monoisotopic (exact) mass is 1960 g/mol. The second kappa shape index (κ2) is 42.3. The fraction of sp³-hybridized carbons (Fsp3) is 0.958. The molecule has 800 valence electrons. The first-order chi connectivity index (χ1) is 65.8. The summed E-state index contributed by atoms with van der Waals surface area (Å²) in [6.45, 7) is 35.5. The molecule has 0 heterocycles. The number of hydrogen-bond donors (Lipinski definition) is 15. The third kappa shape index (κ3) is 19.9. The number of aliphatic carboxylic acids is 5. The number of aliphatic hydroxyl groups is 10. The van der Waals surface area contributed by atoms with Gasteiger partial charge in [-0.25, -0.2) is 0 Å². The van der Waals surface area contributed by atoms with Crippen LogP contribution in [0, 0.1) is 232 Å². The Morgan fingerprint density at radius 1 is 0.221 bits per heavy atom. The molecule has 0 unspecified atom stereocenters. The van der Waals surface area contributed by atoms with Crippen LogP contribution in [0.25, 0.3) is 0 Å². The Morgan fingerprint density at radius 2 is 0.450 bits per heavy atom. The van der Waals surface area contributed by atoms with Crippen LogP contribution in [0.5, 0.6) is 0 Å². The van der Waals surface area contributed by atoms with Gasteiger partial charge in [0.2, 0.25) is 0 Å². The Hall–Kier alpha value is -3.05. The van der Waals surface area contributed by atoms with Crippen LogP contribution in [0.15, 0.2) is 0 Å². The zero-order valence-electron chi connectivity index (χ0n) is 89.7. The number of fused-ring (bicyclic) bond motifs is 25. The summed E-state index contributed by atoms with van der Waals surface area (Å²) in [7, 11) is 0. The van der Waals surface area contributed by atoms with Crippen molar-refractivity contribution in [3.05, 3.63) is 0 Å². The van der Waals surface area contributed by atoms with Crippen LogP contribution in [0.3, 0.4) is 0 Å². The van der Waals surface area contributed by atoms with Gasteiger partial charge in [0.15, 0.2) is 0 Å². The Kier molecular flexibility index (Phi) is 33.1. The van der Waals surface area contributed by atoms with Crippen molar-refractivity contribution in [2.45, 2.75) is 486 Å². The maximum atomic E-state index is 11.5. The van der Waals surface area contributed by atoms with E-state index in [-0.39, 0.29) is 136 Å². The minimum Gasteiger partial charge on any atom is -0.481 e. The molecule has 0 amide bonds. The van der Waals surface area contributed by atoms with E-state index >= 15 is 0 Å². The predicted molar refractivity (Wildman–Crippen MR) is 543 cm³/mol. The zero-order chi connectivity index (χ0) is 101. The highest BCUT2D eigenvalue weighted by Gasteiger charge is 2.71. The van der Waals surface area contributed by atoms with Gasteiger partial charge in [-0.05, 0) is 521 Å². The molecule has 20 aliphatic rings. The Bertz CT molecular complexity index is 4120. The molecule has 0 bridgehead atoms. The fourth-order valence-corrected chi connectivity index (χ4v) is 43.6. The Balaban J connectivity index is 0.000000126. The summed E-state index contributed by atoms with van der Waals surface area (Å²) in [4.78, 5) is 55.3. The third-order valence-corrected chi connectivity index (χ3v) is 51.3. The number of rotatable bonds is 20. The first-order valence-corrected chi connectivity index (χ1v) is 58.7. The van der Waals surface area contributed by atoms with E-state index in [1.54, 1.807) is 0 Å². The van der Waals surface area contributed by atoms with Crippen molar-refractivity contribution < 1.29 is 101 Å². The van der Waals surface area contributed by atoms with Crippen molar-refractivity contribution in [1.29, 1.82) is 0 Å². The standard InChI is InChI=1S/C24H40O5.3C24H40O4.C24H40O3/c1-13(4-7-21(28)29)16-5-6-17-22-18(12-20(27)24(16,17)3)23(2)9-8-15(25)10-14(23)11-19(22)26;1-14(4-9-22(27)28)18-7-8-19-17-6-5-15-12-16(25)10-11-23(15,2)20(17)13-21(26)24(18,19)3;2*1-14(4-7-21(27)28)17-5-6-18-22-19(9-11-24(17,18)3)23(2)10-8-16(25)12-15(23)13-20(22)26;1-15(4-9-22(26)27)19-7-8-20-18-6-5-16-14-17(25)10-12-23(16,2)21(18)11-13-24(19,20)3/h13-20,22,25-27H,4-12H2,1-3H3,(H,28,29);14-21,25-26H,4-13H2,1-3H3,(H,27,28);2*14-20,22,25-26H,4-13H2,1-3H3,(H,27,28);15-21,25H,4-14H2,1-3H3,(H,26,27)/t13-,14+,15-,16-,17+,18+,19-,20+,22+,23+,24-;14-,15-,16-,17+,18-,19+,20+,21+,23+,24-;14-,15+,16-,17-,18+,19+,20+,22+,23+,24-;14-,15+,16-,17-,18+,19+,20-,22+,23+,24-;15-,16-,17-,18+,19-,20+,21+,23+,24-/m11111/s1. The smallest absolute Gasteiger partial charge is 0.303 e. The summed E-state index contributed by atoms with van der Waals surface area (Å²) in [6.07, 6.45) is 46.1. The average molecular weight is 1960 g/mol. The van der Waals surface area contributed by atoms with Gasteiger partial charge >= 0.3 is 29.8 Å². The fourth-order valence-electron chi connectivity index (χ4n) is 43.6. The number of hydrogen-bond acceptors (Lipinski definition) is 15. The van der Waals surface area contributed by atoms with Crippen LogP contribution in [-0.4, -0.2) is 167 Å². The lowest BCUT2D eigenvalue weighted by molar-refractivity contribution is -0.207. The van der Waals surface area contributed by atoms with Crippen molar-refractivity contribution in [1.82, 2.24) is 0 Å². The molecule has 0 saturated heterocycles. The minimum absolute atomic E-state index is 0.0561. The summed E-state index contributed by atoms with van der Waals surface area (Å²) >= 11 is 0. The van der Waals surface area contributed by atoms with Gasteiger partial charge in [0.1, 0.15) is 0 Å². The highest BCUT2D eigenvalue weighted by molar-refractivity contribution is 5.68. The largest absolute Gasteiger partial charge is 0.481 e. The molecule has 20 aliphatic carbocycles. The molecular formula is C120H200O20. The van der Waals surface area contributed by atoms with E-state index in [1.165, 1.54) is 116 Å². The molecule has 20 nitrogen and oxygen atoms in total. The minimum atomic E-state index is -0.748. The van der Waals surface area contributed by atoms with E-state index in [4.69, 9.17) is 25.5 Å². The lowest BCUT2D eigenvalue weighted by Crippen LogP contribution is -2.62. The number of carboxylic acid groups (broad SMARTS) is 5. The van der Waals surface area contributed by atoms with Gasteiger partial charge in [-0.2, -0.15) is 0 Å². The normalized spacial score (nSPS) is 51.7. The molecule has 20 heteroatoms. The maximum absolute atomic E-state index is 11.5. The average Bonchev–Trinajstić information content (AvgIpc) is 1.54. The summed E-state index contributed by atoms with van der Waals surface area (Å²) in [5.74, 6) is 12.2. The molecule has 20 fully saturated rings. The molecule has 0 aromatic heterocycles. The van der Waals surface area contributed by atoms with E-state index in [2.05, 4.69) is 104 Å². The van der Waals surface area contributed by atoms with Gasteiger partial charge in [-0.3, -0.25) is 24.0 Å². The number of carboxylic acids is 5. The first-order valence-electron chi connectivity index (χ1n) is 58.7. The lowest BCUT2D eigenvalue weighted by atomic mass is 9.43. The summed E-state index contributed by atoms with van der Waals surface area (Å²) in [5, 5.41) is 153. The molecule has 20 rings (SSSR count). The Morgan fingerprint density at radius 3 is 0.800 bits per heavy atom. The van der Waals surface area contributed by atoms with Gasteiger partial charge in [-0.1, -0.05) is 104 Å². The van der Waals surface area contributed by atoms with Crippen molar-refractivity contribution in [2.75, 3.05) is 0 Å². The highest BCUT2D eigenvalue weighted by Crippen LogP contribution is 2.76. The molecule has 20 saturated carbocycles. The maximum Gasteiger partial charge on any atom is 0.303 e. The topological polar surface area (TPSA) is 389 Å². The van der Waals surface area contributed by atoms with Crippen LogP contribution >= 0.6 is 0 Å². The molecule has 0 aromatic rings. The SMILES string of the molecule is C[C@H](CCC(=O)O)[C@H]1CC[C@H]2[C@@H]3CC[C@@H]4C[C@H](O)CC[C@]4(C)[C@H]3CC[C@]12C.C[C@H](CCC(=O)O)[C@H]1CC[C@H]2[C@@H]3CC[C@@H]4C[C@H](O)CC[C@]4(C)[C@H]3C[C@H](O)[C@]12C.C[C@H](CCC(=O)O)[C@H]1CC[C@H]2[C@@H]3[C@@H](O)C[C@@H]4C[C@H](O)CC[C@]4(C)[C@H]3CC[C@]12C.C[C@H](CCC(=O)O)[C@H]1CC[C@H]2[C@@H]3[C@H](O)C[C@@H]4C[C@H](O)CC[C@]4(C)[C@H]3CC[C@]12C.C[C@H](CCC(=O)O)[C@H]1CC[C@H]2[C@@H]3[C@H](O)C[C@@H]4C[C@H](O)CC[C@]4(C)[C@H]3C[C@H](O)[C@]12C. The van der Waals surface area contributed by atoms with Gasteiger partial charge in [0.05, 0.1) is 61.0 Å². The number of aliphatic hydroxyl groups excluding tert-OH is 10. The second-order valence-corrected chi connectivity index (χ2v) is 56.7. The molecule has 15 N–H and O–H groups in total. The molecule has 0 radical (unpaired) electrons. The summed E-state index contributed by atoms with van der Waals surface area (Å²) in [6, 6.07) is 0. The van der Waals surface area contributed by atoms with E-state index < -0.39 is 36.0 Å². The van der Waals surface area contributed by atoms with Crippen LogP contribution in [0.2, 0.25) is 0 Å². The van der Waals surface area contributed by atoms with Gasteiger partial charge in [0.25, 0.3) is 0 Å². The molecule has 0 aliphatic heterocycles. The van der Waals surface area contributed by atoms with Gasteiger partial charge in [0, 0.05) is 32.1 Å².